The van der Waals surface area contributed by atoms with E-state index in [1.807, 2.05) is 4.90 Å². The summed E-state index contributed by atoms with van der Waals surface area (Å²) in [5.74, 6) is -0.708. The quantitative estimate of drug-likeness (QED) is 0.782. The number of rotatable bonds is 4. The second kappa shape index (κ2) is 6.38. The van der Waals surface area contributed by atoms with Crippen LogP contribution in [0, 0.1) is 11.6 Å². The molecule has 0 amide bonds. The fourth-order valence-electron chi connectivity index (χ4n) is 3.11. The number of furan rings is 1. The number of benzene rings is 1. The van der Waals surface area contributed by atoms with Crippen molar-refractivity contribution in [3.63, 3.8) is 0 Å². The Morgan fingerprint density at radius 3 is 2.84 bits per heavy atom. The largest absolute Gasteiger partial charge is 0.459 e. The Morgan fingerprint density at radius 2 is 2.08 bits per heavy atom. The molecule has 1 N–H and O–H groups in total. The van der Waals surface area contributed by atoms with E-state index in [4.69, 9.17) is 8.83 Å². The predicted molar refractivity (Wildman–Crippen MR) is 82.1 cm³/mol. The highest BCUT2D eigenvalue weighted by atomic mass is 19.2. The molecule has 2 aromatic heterocycles. The minimum absolute atomic E-state index is 0.260. The zero-order valence-electron chi connectivity index (χ0n) is 13.1. The number of halogens is 2. The van der Waals surface area contributed by atoms with Crippen LogP contribution in [0.4, 0.5) is 8.78 Å². The molecule has 25 heavy (non-hydrogen) atoms. The highest BCUT2D eigenvalue weighted by molar-refractivity contribution is 5.42. The van der Waals surface area contributed by atoms with Crippen molar-refractivity contribution in [2.75, 3.05) is 6.54 Å². The van der Waals surface area contributed by atoms with E-state index < -0.39 is 17.7 Å². The third-order valence-corrected chi connectivity index (χ3v) is 4.25. The van der Waals surface area contributed by atoms with Crippen LogP contribution in [0.1, 0.15) is 23.9 Å². The van der Waals surface area contributed by atoms with Gasteiger partial charge >= 0.3 is 0 Å². The van der Waals surface area contributed by atoms with Crippen LogP contribution in [-0.4, -0.2) is 32.9 Å². The Morgan fingerprint density at radius 1 is 1.20 bits per heavy atom. The lowest BCUT2D eigenvalue weighted by atomic mass is 10.0. The van der Waals surface area contributed by atoms with Crippen molar-refractivity contribution in [3.8, 4) is 11.7 Å². The molecule has 1 saturated heterocycles. The summed E-state index contributed by atoms with van der Waals surface area (Å²) in [7, 11) is 0. The molecule has 130 valence electrons. The maximum absolute atomic E-state index is 13.5. The molecule has 4 rings (SSSR count). The average molecular weight is 347 g/mol. The number of aliphatic hydroxyl groups is 1. The van der Waals surface area contributed by atoms with E-state index in [-0.39, 0.29) is 18.5 Å². The minimum atomic E-state index is -0.906. The molecule has 8 heteroatoms. The lowest BCUT2D eigenvalue weighted by molar-refractivity contribution is 0.167. The lowest BCUT2D eigenvalue weighted by Gasteiger charge is -2.22. The summed E-state index contributed by atoms with van der Waals surface area (Å²) >= 11 is 0. The average Bonchev–Trinajstić information content (AvgIpc) is 3.31. The lowest BCUT2D eigenvalue weighted by Crippen LogP contribution is -2.24. The van der Waals surface area contributed by atoms with Crippen LogP contribution in [0.5, 0.6) is 0 Å². The summed E-state index contributed by atoms with van der Waals surface area (Å²) in [6.45, 7) is 0.663. The van der Waals surface area contributed by atoms with Crippen LogP contribution in [0.2, 0.25) is 0 Å². The number of aliphatic hydroxyl groups excluding tert-OH is 1. The van der Waals surface area contributed by atoms with Gasteiger partial charge in [-0.2, -0.15) is 0 Å². The molecule has 1 aliphatic rings. The van der Waals surface area contributed by atoms with E-state index >= 15 is 0 Å². The van der Waals surface area contributed by atoms with Crippen LogP contribution < -0.4 is 0 Å². The molecule has 2 atom stereocenters. The van der Waals surface area contributed by atoms with Crippen molar-refractivity contribution in [2.45, 2.75) is 25.1 Å². The molecule has 3 aromatic rings. The van der Waals surface area contributed by atoms with Crippen LogP contribution in [0.3, 0.4) is 0 Å². The fourth-order valence-corrected chi connectivity index (χ4v) is 3.11. The maximum atomic E-state index is 13.5. The fraction of sp³-hybridized carbons (Fsp3) is 0.294. The van der Waals surface area contributed by atoms with Crippen molar-refractivity contribution < 1.29 is 22.7 Å². The highest BCUT2D eigenvalue weighted by Gasteiger charge is 2.33. The monoisotopic (exact) mass is 347 g/mol. The van der Waals surface area contributed by atoms with E-state index in [9.17, 15) is 13.9 Å². The summed E-state index contributed by atoms with van der Waals surface area (Å²) < 4.78 is 37.5. The molecule has 1 fully saturated rings. The van der Waals surface area contributed by atoms with Gasteiger partial charge in [0, 0.05) is 12.6 Å². The van der Waals surface area contributed by atoms with Crippen molar-refractivity contribution in [1.29, 1.82) is 0 Å². The Kier molecular flexibility index (Phi) is 4.06. The SMILES string of the molecule is O[C@H]1C[C@H](c2ccc(F)c(F)c2)N(Cc2nnc(-c3ccco3)o2)C1. The zero-order valence-corrected chi connectivity index (χ0v) is 13.1. The number of hydrogen-bond donors (Lipinski definition) is 1. The third kappa shape index (κ3) is 3.18. The van der Waals surface area contributed by atoms with Gasteiger partial charge in [0.05, 0.1) is 18.9 Å². The molecule has 0 spiro atoms. The Balaban J connectivity index is 1.55. The van der Waals surface area contributed by atoms with E-state index in [2.05, 4.69) is 10.2 Å². The summed E-state index contributed by atoms with van der Waals surface area (Å²) in [6.07, 6.45) is 1.37. The molecule has 0 radical (unpaired) electrons. The molecular weight excluding hydrogens is 332 g/mol. The van der Waals surface area contributed by atoms with Gasteiger partial charge in [-0.05, 0) is 36.2 Å². The normalized spacial score (nSPS) is 21.1. The summed E-state index contributed by atoms with van der Waals surface area (Å²) in [6, 6.07) is 6.94. The first-order valence-corrected chi connectivity index (χ1v) is 7.83. The summed E-state index contributed by atoms with van der Waals surface area (Å²) in [5.41, 5.74) is 0.598. The second-order valence-electron chi connectivity index (χ2n) is 5.99. The van der Waals surface area contributed by atoms with Gasteiger partial charge in [0.2, 0.25) is 5.89 Å². The molecule has 0 saturated carbocycles. The smallest absolute Gasteiger partial charge is 0.283 e. The predicted octanol–water partition coefficient (Wildman–Crippen LogP) is 2.92. The molecule has 0 unspecified atom stereocenters. The van der Waals surface area contributed by atoms with Crippen LogP contribution in [0.15, 0.2) is 45.4 Å². The first-order chi connectivity index (χ1) is 12.1. The number of nitrogens with zero attached hydrogens (tertiary/aromatic N) is 3. The molecule has 1 aliphatic heterocycles. The first kappa shape index (κ1) is 15.9. The van der Waals surface area contributed by atoms with Crippen molar-refractivity contribution >= 4 is 0 Å². The van der Waals surface area contributed by atoms with Gasteiger partial charge in [0.1, 0.15) is 0 Å². The van der Waals surface area contributed by atoms with Crippen LogP contribution in [-0.2, 0) is 6.54 Å². The molecule has 0 bridgehead atoms. The van der Waals surface area contributed by atoms with Gasteiger partial charge in [-0.1, -0.05) is 6.07 Å². The Labute approximate surface area is 141 Å². The Hall–Kier alpha value is -2.58. The minimum Gasteiger partial charge on any atom is -0.459 e. The van der Waals surface area contributed by atoms with Gasteiger partial charge in [-0.25, -0.2) is 8.78 Å². The van der Waals surface area contributed by atoms with Crippen molar-refractivity contribution in [1.82, 2.24) is 15.1 Å². The van der Waals surface area contributed by atoms with Gasteiger partial charge in [-0.15, -0.1) is 10.2 Å². The van der Waals surface area contributed by atoms with Crippen LogP contribution in [0.25, 0.3) is 11.7 Å². The second-order valence-corrected chi connectivity index (χ2v) is 5.99. The summed E-state index contributed by atoms with van der Waals surface area (Å²) in [4.78, 5) is 1.90. The van der Waals surface area contributed by atoms with Crippen LogP contribution >= 0.6 is 0 Å². The standard InChI is InChI=1S/C17H15F2N3O3/c18-12-4-3-10(6-13(12)19)14-7-11(23)8-22(14)9-16-20-21-17(25-16)15-2-1-5-24-15/h1-6,11,14,23H,7-9H2/t11-,14+/m0/s1. The van der Waals surface area contributed by atoms with Crippen molar-refractivity contribution in [2.24, 2.45) is 0 Å². The number of aromatic nitrogens is 2. The van der Waals surface area contributed by atoms with Gasteiger partial charge in [-0.3, -0.25) is 4.90 Å². The van der Waals surface area contributed by atoms with Gasteiger partial charge in [0.25, 0.3) is 5.89 Å². The van der Waals surface area contributed by atoms with Crippen molar-refractivity contribution in [3.05, 3.63) is 59.7 Å². The topological polar surface area (TPSA) is 75.5 Å². The highest BCUT2D eigenvalue weighted by Crippen LogP contribution is 2.34. The number of β-amino-alcohol motifs (C(OH)–C–C–N with tert-alkyl or cyclic N) is 1. The van der Waals surface area contributed by atoms with E-state index in [1.54, 1.807) is 12.1 Å². The van der Waals surface area contributed by atoms with E-state index in [0.29, 0.717) is 30.2 Å². The van der Waals surface area contributed by atoms with E-state index in [0.717, 1.165) is 12.1 Å². The third-order valence-electron chi connectivity index (χ3n) is 4.25. The van der Waals surface area contributed by atoms with Gasteiger partial charge < -0.3 is 13.9 Å². The molecular formula is C17H15F2N3O3. The number of likely N-dealkylation sites (tertiary alicyclic amines) is 1. The Bertz CT molecular complexity index is 866. The first-order valence-electron chi connectivity index (χ1n) is 7.83. The number of hydrogen-bond acceptors (Lipinski definition) is 6. The zero-order chi connectivity index (χ0) is 17.4. The molecule has 3 heterocycles. The maximum Gasteiger partial charge on any atom is 0.283 e. The van der Waals surface area contributed by atoms with Gasteiger partial charge in [0.15, 0.2) is 17.4 Å². The molecule has 6 nitrogen and oxygen atoms in total. The van der Waals surface area contributed by atoms with E-state index in [1.165, 1.54) is 12.3 Å². The molecule has 1 aromatic carbocycles. The molecule has 0 aliphatic carbocycles. The summed E-state index contributed by atoms with van der Waals surface area (Å²) in [5, 5.41) is 17.9.